The highest BCUT2D eigenvalue weighted by molar-refractivity contribution is 5.82. The van der Waals surface area contributed by atoms with Crippen LogP contribution in [0, 0.1) is 11.7 Å². The fraction of sp³-hybridized carbons (Fsp3) is 0.556. The third-order valence-corrected chi connectivity index (χ3v) is 4.83. The number of halogens is 1. The summed E-state index contributed by atoms with van der Waals surface area (Å²) >= 11 is 0. The topological polar surface area (TPSA) is 40.6 Å². The zero-order valence-electron chi connectivity index (χ0n) is 13.5. The molecule has 2 fully saturated rings. The molecule has 1 saturated heterocycles. The van der Waals surface area contributed by atoms with E-state index in [4.69, 9.17) is 0 Å². The first-order chi connectivity index (χ1) is 11.0. The van der Waals surface area contributed by atoms with Gasteiger partial charge in [-0.3, -0.25) is 9.59 Å². The highest BCUT2D eigenvalue weighted by Gasteiger charge is 2.35. The summed E-state index contributed by atoms with van der Waals surface area (Å²) < 4.78 is 12.9. The minimum Gasteiger partial charge on any atom is -0.342 e. The van der Waals surface area contributed by atoms with E-state index in [-0.39, 0.29) is 30.0 Å². The lowest BCUT2D eigenvalue weighted by Gasteiger charge is -2.34. The molecule has 0 spiro atoms. The summed E-state index contributed by atoms with van der Waals surface area (Å²) in [5, 5.41) is 0. The number of carbonyl (C=O) groups is 2. The maximum Gasteiger partial charge on any atom is 0.227 e. The predicted molar refractivity (Wildman–Crippen MR) is 85.2 cm³/mol. The van der Waals surface area contributed by atoms with Gasteiger partial charge in [0.15, 0.2) is 0 Å². The normalized spacial score (nSPS) is 21.1. The Labute approximate surface area is 136 Å². The molecular weight excluding hydrogens is 295 g/mol. The highest BCUT2D eigenvalue weighted by atomic mass is 19.1. The zero-order chi connectivity index (χ0) is 16.4. The van der Waals surface area contributed by atoms with Gasteiger partial charge in [0.2, 0.25) is 11.8 Å². The molecule has 0 aromatic heterocycles. The van der Waals surface area contributed by atoms with Crippen molar-refractivity contribution in [3.05, 3.63) is 35.6 Å². The Morgan fingerprint density at radius 3 is 2.57 bits per heavy atom. The average molecular weight is 318 g/mol. The van der Waals surface area contributed by atoms with Crippen molar-refractivity contribution in [2.75, 3.05) is 20.1 Å². The number of likely N-dealkylation sites (tertiary alicyclic amines) is 1. The van der Waals surface area contributed by atoms with E-state index in [0.29, 0.717) is 19.1 Å². The summed E-state index contributed by atoms with van der Waals surface area (Å²) in [6, 6.07) is 6.43. The van der Waals surface area contributed by atoms with Crippen LogP contribution in [0.5, 0.6) is 0 Å². The second-order valence-corrected chi connectivity index (χ2v) is 6.66. The second kappa shape index (κ2) is 6.69. The zero-order valence-corrected chi connectivity index (χ0v) is 13.5. The van der Waals surface area contributed by atoms with E-state index < -0.39 is 0 Å². The first-order valence-corrected chi connectivity index (χ1v) is 8.33. The molecular formula is C18H23FN2O2. The van der Waals surface area contributed by atoms with Gasteiger partial charge >= 0.3 is 0 Å². The standard InChI is InChI=1S/C18H23FN2O2/c1-20(16-8-9-16)18(23)14-3-2-10-21(12-14)17(22)11-13-4-6-15(19)7-5-13/h4-7,14,16H,2-3,8-12H2,1H3. The predicted octanol–water partition coefficient (Wildman–Crippen LogP) is 2.23. The maximum absolute atomic E-state index is 12.9. The third-order valence-electron chi connectivity index (χ3n) is 4.83. The Morgan fingerprint density at radius 1 is 1.22 bits per heavy atom. The van der Waals surface area contributed by atoms with Crippen molar-refractivity contribution in [2.45, 2.75) is 38.1 Å². The largest absolute Gasteiger partial charge is 0.342 e. The molecule has 0 N–H and O–H groups in total. The van der Waals surface area contributed by atoms with Crippen LogP contribution in [0.4, 0.5) is 4.39 Å². The lowest BCUT2D eigenvalue weighted by atomic mass is 9.96. The second-order valence-electron chi connectivity index (χ2n) is 6.66. The first kappa shape index (κ1) is 16.0. The number of carbonyl (C=O) groups excluding carboxylic acids is 2. The molecule has 1 atom stereocenters. The third kappa shape index (κ3) is 3.89. The molecule has 2 amide bonds. The van der Waals surface area contributed by atoms with E-state index >= 15 is 0 Å². The quantitative estimate of drug-likeness (QED) is 0.854. The molecule has 1 aliphatic carbocycles. The number of amides is 2. The first-order valence-electron chi connectivity index (χ1n) is 8.33. The van der Waals surface area contributed by atoms with Gasteiger partial charge in [-0.1, -0.05) is 12.1 Å². The summed E-state index contributed by atoms with van der Waals surface area (Å²) in [6.45, 7) is 1.22. The average Bonchev–Trinajstić information content (AvgIpc) is 3.40. The van der Waals surface area contributed by atoms with Crippen LogP contribution in [-0.4, -0.2) is 47.8 Å². The molecule has 0 bridgehead atoms. The number of benzene rings is 1. The van der Waals surface area contributed by atoms with Crippen LogP contribution in [0.15, 0.2) is 24.3 Å². The molecule has 1 aromatic carbocycles. The van der Waals surface area contributed by atoms with Gasteiger partial charge in [0.25, 0.3) is 0 Å². The van der Waals surface area contributed by atoms with Crippen molar-refractivity contribution < 1.29 is 14.0 Å². The highest BCUT2D eigenvalue weighted by Crippen LogP contribution is 2.28. The van der Waals surface area contributed by atoms with Crippen LogP contribution >= 0.6 is 0 Å². The summed E-state index contributed by atoms with van der Waals surface area (Å²) in [6.07, 6.45) is 4.18. The van der Waals surface area contributed by atoms with Crippen molar-refractivity contribution in [3.8, 4) is 0 Å². The molecule has 124 valence electrons. The molecule has 2 aliphatic rings. The SMILES string of the molecule is CN(C(=O)C1CCCN(C(=O)Cc2ccc(F)cc2)C1)C1CC1. The van der Waals surface area contributed by atoms with E-state index in [9.17, 15) is 14.0 Å². The lowest BCUT2D eigenvalue weighted by molar-refractivity contribution is -0.140. The minimum atomic E-state index is -0.298. The molecule has 4 nitrogen and oxygen atoms in total. The van der Waals surface area contributed by atoms with Gasteiger partial charge < -0.3 is 9.80 Å². The molecule has 1 aliphatic heterocycles. The van der Waals surface area contributed by atoms with Crippen LogP contribution in [0.25, 0.3) is 0 Å². The van der Waals surface area contributed by atoms with E-state index in [1.165, 1.54) is 12.1 Å². The van der Waals surface area contributed by atoms with Crippen LogP contribution in [0.3, 0.4) is 0 Å². The van der Waals surface area contributed by atoms with Gasteiger partial charge in [-0.05, 0) is 43.4 Å². The fourth-order valence-corrected chi connectivity index (χ4v) is 3.22. The van der Waals surface area contributed by atoms with Crippen LogP contribution in [0.2, 0.25) is 0 Å². The molecule has 23 heavy (non-hydrogen) atoms. The molecule has 3 rings (SSSR count). The number of hydrogen-bond donors (Lipinski definition) is 0. The monoisotopic (exact) mass is 318 g/mol. The Bertz CT molecular complexity index is 583. The van der Waals surface area contributed by atoms with Gasteiger partial charge in [0.1, 0.15) is 5.82 Å². The fourth-order valence-electron chi connectivity index (χ4n) is 3.22. The molecule has 1 unspecified atom stereocenters. The van der Waals surface area contributed by atoms with Crippen LogP contribution in [0.1, 0.15) is 31.2 Å². The van der Waals surface area contributed by atoms with E-state index in [2.05, 4.69) is 0 Å². The summed E-state index contributed by atoms with van der Waals surface area (Å²) in [5.74, 6) is -0.186. The van der Waals surface area contributed by atoms with E-state index in [1.807, 2.05) is 11.9 Å². The van der Waals surface area contributed by atoms with Gasteiger partial charge in [-0.2, -0.15) is 0 Å². The van der Waals surface area contributed by atoms with Crippen molar-refractivity contribution in [3.63, 3.8) is 0 Å². The van der Waals surface area contributed by atoms with Gasteiger partial charge in [-0.15, -0.1) is 0 Å². The number of hydrogen-bond acceptors (Lipinski definition) is 2. The van der Waals surface area contributed by atoms with Gasteiger partial charge in [-0.25, -0.2) is 4.39 Å². The Morgan fingerprint density at radius 2 is 1.91 bits per heavy atom. The molecule has 1 saturated carbocycles. The minimum absolute atomic E-state index is 0.0168. The molecule has 1 heterocycles. The Hall–Kier alpha value is -1.91. The van der Waals surface area contributed by atoms with Crippen molar-refractivity contribution in [1.82, 2.24) is 9.80 Å². The maximum atomic E-state index is 12.9. The summed E-state index contributed by atoms with van der Waals surface area (Å²) in [4.78, 5) is 28.6. The van der Waals surface area contributed by atoms with Crippen molar-refractivity contribution in [2.24, 2.45) is 5.92 Å². The van der Waals surface area contributed by atoms with Gasteiger partial charge in [0.05, 0.1) is 12.3 Å². The molecule has 5 heteroatoms. The number of rotatable bonds is 4. The number of nitrogens with zero attached hydrogens (tertiary/aromatic N) is 2. The van der Waals surface area contributed by atoms with E-state index in [0.717, 1.165) is 31.2 Å². The van der Waals surface area contributed by atoms with Crippen LogP contribution in [-0.2, 0) is 16.0 Å². The Kier molecular flexibility index (Phi) is 4.64. The summed E-state index contributed by atoms with van der Waals surface area (Å²) in [7, 11) is 1.87. The summed E-state index contributed by atoms with van der Waals surface area (Å²) in [5.41, 5.74) is 0.806. The van der Waals surface area contributed by atoms with Gasteiger partial charge in [0, 0.05) is 26.2 Å². The lowest BCUT2D eigenvalue weighted by Crippen LogP contribution is -2.46. The van der Waals surface area contributed by atoms with E-state index in [1.54, 1.807) is 17.0 Å². The smallest absolute Gasteiger partial charge is 0.227 e. The van der Waals surface area contributed by atoms with Crippen molar-refractivity contribution >= 4 is 11.8 Å². The van der Waals surface area contributed by atoms with Crippen molar-refractivity contribution in [1.29, 1.82) is 0 Å². The van der Waals surface area contributed by atoms with Crippen LogP contribution < -0.4 is 0 Å². The Balaban J connectivity index is 1.57. The number of piperidine rings is 1. The molecule has 1 aromatic rings. The molecule has 0 radical (unpaired) electrons.